The molecule has 4 nitrogen and oxygen atoms in total. The molecule has 29 heavy (non-hydrogen) atoms. The van der Waals surface area contributed by atoms with Gasteiger partial charge in [0.2, 0.25) is 5.95 Å². The predicted molar refractivity (Wildman–Crippen MR) is 118 cm³/mol. The molecule has 0 radical (unpaired) electrons. The fourth-order valence-corrected chi connectivity index (χ4v) is 4.71. The molecule has 1 unspecified atom stereocenters. The minimum Gasteiger partial charge on any atom is -0.354 e. The predicted octanol–water partition coefficient (Wildman–Crippen LogP) is 4.73. The van der Waals surface area contributed by atoms with E-state index < -0.39 is 0 Å². The van der Waals surface area contributed by atoms with Crippen molar-refractivity contribution in [1.82, 2.24) is 14.9 Å². The van der Waals surface area contributed by atoms with E-state index >= 15 is 0 Å². The molecule has 2 aliphatic rings. The van der Waals surface area contributed by atoms with E-state index in [2.05, 4.69) is 69.8 Å². The summed E-state index contributed by atoms with van der Waals surface area (Å²) in [5.74, 6) is 1.11. The maximum atomic E-state index is 4.92. The van der Waals surface area contributed by atoms with Gasteiger partial charge in [-0.25, -0.2) is 9.97 Å². The van der Waals surface area contributed by atoms with Crippen molar-refractivity contribution in [1.29, 1.82) is 0 Å². The molecule has 1 fully saturated rings. The number of rotatable bonds is 6. The smallest absolute Gasteiger partial charge is 0.223 e. The van der Waals surface area contributed by atoms with E-state index in [1.165, 1.54) is 54.7 Å². The Morgan fingerprint density at radius 3 is 2.62 bits per heavy atom. The third-order valence-corrected chi connectivity index (χ3v) is 6.21. The summed E-state index contributed by atoms with van der Waals surface area (Å²) in [6.45, 7) is 4.60. The molecule has 0 spiro atoms. The topological polar surface area (TPSA) is 41.1 Å². The Labute approximate surface area is 173 Å². The van der Waals surface area contributed by atoms with Gasteiger partial charge in [0, 0.05) is 24.2 Å². The number of hydrogen-bond donors (Lipinski definition) is 1. The average molecular weight is 385 g/mol. The van der Waals surface area contributed by atoms with Crippen molar-refractivity contribution < 1.29 is 0 Å². The minimum absolute atomic E-state index is 0.364. The molecule has 148 valence electrons. The molecule has 1 aliphatic carbocycles. The molecule has 1 N–H and O–H groups in total. The second kappa shape index (κ2) is 8.34. The number of fused-ring (bicyclic) bond motifs is 3. The molecule has 5 rings (SSSR count). The lowest BCUT2D eigenvalue weighted by atomic mass is 9.78. The van der Waals surface area contributed by atoms with E-state index in [9.17, 15) is 0 Å². The lowest BCUT2D eigenvalue weighted by Crippen LogP contribution is -2.22. The normalized spacial score (nSPS) is 18.3. The Morgan fingerprint density at radius 1 is 0.966 bits per heavy atom. The standard InChI is InChI=1S/C25H28N4/c1-2-9-19(10-3-1)23-17-20-18-27-25(26-13-8-16-29-14-6-7-15-29)28-24(20)22-12-5-4-11-21(22)23/h1-5,9-12,18,23H,6-8,13-17H2,(H,26,27,28). The van der Waals surface area contributed by atoms with Gasteiger partial charge in [-0.2, -0.15) is 0 Å². The maximum Gasteiger partial charge on any atom is 0.223 e. The van der Waals surface area contributed by atoms with Crippen LogP contribution in [0.5, 0.6) is 0 Å². The van der Waals surface area contributed by atoms with Crippen LogP contribution in [0.3, 0.4) is 0 Å². The quantitative estimate of drug-likeness (QED) is 0.624. The zero-order valence-electron chi connectivity index (χ0n) is 16.8. The lowest BCUT2D eigenvalue weighted by molar-refractivity contribution is 0.337. The Kier molecular flexibility index (Phi) is 5.27. The van der Waals surface area contributed by atoms with Gasteiger partial charge < -0.3 is 10.2 Å². The molecular weight excluding hydrogens is 356 g/mol. The van der Waals surface area contributed by atoms with Crippen LogP contribution < -0.4 is 5.32 Å². The highest BCUT2D eigenvalue weighted by Crippen LogP contribution is 2.41. The van der Waals surface area contributed by atoms with Crippen molar-refractivity contribution in [3.05, 3.63) is 77.5 Å². The molecule has 0 amide bonds. The van der Waals surface area contributed by atoms with E-state index in [0.717, 1.165) is 31.0 Å². The highest BCUT2D eigenvalue weighted by atomic mass is 15.1. The van der Waals surface area contributed by atoms with E-state index in [4.69, 9.17) is 4.98 Å². The highest BCUT2D eigenvalue weighted by molar-refractivity contribution is 5.72. The summed E-state index contributed by atoms with van der Waals surface area (Å²) in [6, 6.07) is 19.5. The maximum absolute atomic E-state index is 4.92. The number of nitrogens with zero attached hydrogens (tertiary/aromatic N) is 3. The monoisotopic (exact) mass is 384 g/mol. The van der Waals surface area contributed by atoms with Crippen LogP contribution in [0.4, 0.5) is 5.95 Å². The number of aromatic nitrogens is 2. The van der Waals surface area contributed by atoms with Gasteiger partial charge in [-0.05, 0) is 62.0 Å². The molecule has 1 aromatic heterocycles. The van der Waals surface area contributed by atoms with Crippen molar-refractivity contribution in [2.75, 3.05) is 31.5 Å². The molecule has 4 heteroatoms. The first-order valence-corrected chi connectivity index (χ1v) is 10.8. The van der Waals surface area contributed by atoms with Crippen molar-refractivity contribution >= 4 is 5.95 Å². The largest absolute Gasteiger partial charge is 0.354 e. The zero-order chi connectivity index (χ0) is 19.5. The fraction of sp³-hybridized carbons (Fsp3) is 0.360. The minimum atomic E-state index is 0.364. The summed E-state index contributed by atoms with van der Waals surface area (Å²) in [7, 11) is 0. The van der Waals surface area contributed by atoms with Crippen LogP contribution in [0, 0.1) is 0 Å². The van der Waals surface area contributed by atoms with Crippen LogP contribution in [0.2, 0.25) is 0 Å². The third-order valence-electron chi connectivity index (χ3n) is 6.21. The van der Waals surface area contributed by atoms with Gasteiger partial charge >= 0.3 is 0 Å². The molecule has 2 heterocycles. The average Bonchev–Trinajstić information content (AvgIpc) is 3.30. The van der Waals surface area contributed by atoms with E-state index in [1.54, 1.807) is 0 Å². The summed E-state index contributed by atoms with van der Waals surface area (Å²) in [4.78, 5) is 12.1. The summed E-state index contributed by atoms with van der Waals surface area (Å²) in [6.07, 6.45) is 6.81. The first kappa shape index (κ1) is 18.3. The van der Waals surface area contributed by atoms with E-state index in [-0.39, 0.29) is 0 Å². The Balaban J connectivity index is 1.34. The summed E-state index contributed by atoms with van der Waals surface area (Å²) >= 11 is 0. The zero-order valence-corrected chi connectivity index (χ0v) is 16.8. The molecule has 2 aromatic carbocycles. The molecule has 0 bridgehead atoms. The van der Waals surface area contributed by atoms with Gasteiger partial charge in [-0.15, -0.1) is 0 Å². The first-order valence-electron chi connectivity index (χ1n) is 10.8. The van der Waals surface area contributed by atoms with Crippen molar-refractivity contribution in [3.8, 4) is 11.3 Å². The molecular formula is C25H28N4. The first-order chi connectivity index (χ1) is 14.4. The number of likely N-dealkylation sites (tertiary alicyclic amines) is 1. The van der Waals surface area contributed by atoms with Crippen molar-refractivity contribution in [2.24, 2.45) is 0 Å². The second-order valence-corrected chi connectivity index (χ2v) is 8.15. The molecule has 0 saturated carbocycles. The second-order valence-electron chi connectivity index (χ2n) is 8.15. The van der Waals surface area contributed by atoms with Crippen molar-refractivity contribution in [2.45, 2.75) is 31.6 Å². The van der Waals surface area contributed by atoms with Crippen LogP contribution in [-0.2, 0) is 6.42 Å². The van der Waals surface area contributed by atoms with Crippen LogP contribution in [0.15, 0.2) is 60.8 Å². The summed E-state index contributed by atoms with van der Waals surface area (Å²) in [5, 5.41) is 3.44. The number of benzene rings is 2. The Hall–Kier alpha value is -2.72. The molecule has 1 aliphatic heterocycles. The molecule has 3 aromatic rings. The number of anilines is 1. The summed E-state index contributed by atoms with van der Waals surface area (Å²) < 4.78 is 0. The van der Waals surface area contributed by atoms with E-state index in [0.29, 0.717) is 5.92 Å². The lowest BCUT2D eigenvalue weighted by Gasteiger charge is -2.27. The van der Waals surface area contributed by atoms with Gasteiger partial charge in [0.25, 0.3) is 0 Å². The fourth-order valence-electron chi connectivity index (χ4n) is 4.71. The van der Waals surface area contributed by atoms with E-state index in [1.807, 2.05) is 6.20 Å². The van der Waals surface area contributed by atoms with Crippen molar-refractivity contribution in [3.63, 3.8) is 0 Å². The van der Waals surface area contributed by atoms with Gasteiger partial charge in [-0.3, -0.25) is 0 Å². The third kappa shape index (κ3) is 3.90. The van der Waals surface area contributed by atoms with Gasteiger partial charge in [-0.1, -0.05) is 54.6 Å². The molecule has 1 saturated heterocycles. The SMILES string of the molecule is c1ccc(C2Cc3cnc(NCCCN4CCCC4)nc3-c3ccccc32)cc1. The highest BCUT2D eigenvalue weighted by Gasteiger charge is 2.27. The van der Waals surface area contributed by atoms with Crippen LogP contribution in [0.1, 0.15) is 41.9 Å². The Morgan fingerprint density at radius 2 is 1.76 bits per heavy atom. The van der Waals surface area contributed by atoms with Gasteiger partial charge in [0.05, 0.1) is 5.69 Å². The molecule has 1 atom stereocenters. The van der Waals surface area contributed by atoms with Crippen LogP contribution in [-0.4, -0.2) is 41.0 Å². The summed E-state index contributed by atoms with van der Waals surface area (Å²) in [5.41, 5.74) is 6.29. The van der Waals surface area contributed by atoms with Crippen LogP contribution >= 0.6 is 0 Å². The van der Waals surface area contributed by atoms with Crippen LogP contribution in [0.25, 0.3) is 11.3 Å². The number of hydrogen-bond acceptors (Lipinski definition) is 4. The van der Waals surface area contributed by atoms with Gasteiger partial charge in [0.1, 0.15) is 0 Å². The van der Waals surface area contributed by atoms with Gasteiger partial charge in [0.15, 0.2) is 0 Å². The number of nitrogens with one attached hydrogen (secondary N) is 1. The Bertz CT molecular complexity index is 964.